The first kappa shape index (κ1) is 19.0. The SMILES string of the molecule is COc1ccc(NC(=O)/C(C#N)=C/c2cc(Br)c(O)c([N+](=O)[O-])c2)cc1. The van der Waals surface area contributed by atoms with Crippen molar-refractivity contribution in [3.8, 4) is 17.6 Å². The van der Waals surface area contributed by atoms with Crippen molar-refractivity contribution in [2.45, 2.75) is 0 Å². The van der Waals surface area contributed by atoms with Crippen molar-refractivity contribution < 1.29 is 19.6 Å². The molecule has 0 fully saturated rings. The first-order valence-corrected chi connectivity index (χ1v) is 7.89. The second kappa shape index (κ2) is 8.13. The zero-order chi connectivity index (χ0) is 19.3. The van der Waals surface area contributed by atoms with Crippen LogP contribution < -0.4 is 10.1 Å². The Morgan fingerprint density at radius 3 is 2.58 bits per heavy atom. The summed E-state index contributed by atoms with van der Waals surface area (Å²) in [5, 5.41) is 32.4. The van der Waals surface area contributed by atoms with Gasteiger partial charge in [-0.05, 0) is 57.9 Å². The molecular formula is C17H12BrN3O5. The zero-order valence-electron chi connectivity index (χ0n) is 13.4. The number of anilines is 1. The summed E-state index contributed by atoms with van der Waals surface area (Å²) < 4.78 is 5.09. The van der Waals surface area contributed by atoms with Gasteiger partial charge in [0.2, 0.25) is 5.75 Å². The van der Waals surface area contributed by atoms with Gasteiger partial charge in [0.1, 0.15) is 17.4 Å². The van der Waals surface area contributed by atoms with E-state index in [4.69, 9.17) is 4.74 Å². The summed E-state index contributed by atoms with van der Waals surface area (Å²) in [6.45, 7) is 0. The number of rotatable bonds is 5. The Hall–Kier alpha value is -3.38. The number of nitro groups is 1. The lowest BCUT2D eigenvalue weighted by Crippen LogP contribution is -2.13. The van der Waals surface area contributed by atoms with Crippen molar-refractivity contribution in [1.29, 1.82) is 5.26 Å². The van der Waals surface area contributed by atoms with Gasteiger partial charge in [0.15, 0.2) is 0 Å². The summed E-state index contributed by atoms with van der Waals surface area (Å²) in [5.41, 5.74) is -0.135. The summed E-state index contributed by atoms with van der Waals surface area (Å²) in [4.78, 5) is 22.4. The van der Waals surface area contributed by atoms with E-state index >= 15 is 0 Å². The number of nitro benzene ring substituents is 1. The van der Waals surface area contributed by atoms with Crippen molar-refractivity contribution in [2.24, 2.45) is 0 Å². The number of carbonyl (C=O) groups excluding carboxylic acids is 1. The first-order chi connectivity index (χ1) is 12.3. The fourth-order valence-electron chi connectivity index (χ4n) is 2.02. The number of methoxy groups -OCH3 is 1. The molecule has 0 spiro atoms. The molecule has 0 saturated heterocycles. The normalized spacial score (nSPS) is 10.7. The Morgan fingerprint density at radius 2 is 2.04 bits per heavy atom. The number of nitriles is 1. The minimum absolute atomic E-state index is 0.0748. The van der Waals surface area contributed by atoms with Gasteiger partial charge in [-0.3, -0.25) is 14.9 Å². The topological polar surface area (TPSA) is 125 Å². The van der Waals surface area contributed by atoms with E-state index < -0.39 is 22.3 Å². The van der Waals surface area contributed by atoms with Crippen LogP contribution in [0.1, 0.15) is 5.56 Å². The third-order valence-corrected chi connectivity index (χ3v) is 3.89. The molecule has 0 aliphatic heterocycles. The number of aromatic hydroxyl groups is 1. The molecule has 9 heteroatoms. The van der Waals surface area contributed by atoms with E-state index in [1.807, 2.05) is 0 Å². The number of amides is 1. The third-order valence-electron chi connectivity index (χ3n) is 3.29. The lowest BCUT2D eigenvalue weighted by molar-refractivity contribution is -0.386. The van der Waals surface area contributed by atoms with Crippen LogP contribution in [0.2, 0.25) is 0 Å². The summed E-state index contributed by atoms with van der Waals surface area (Å²) in [6.07, 6.45) is 1.19. The molecule has 0 heterocycles. The van der Waals surface area contributed by atoms with Crippen molar-refractivity contribution >= 4 is 39.3 Å². The summed E-state index contributed by atoms with van der Waals surface area (Å²) in [6, 6.07) is 10.7. The largest absolute Gasteiger partial charge is 0.501 e. The summed E-state index contributed by atoms with van der Waals surface area (Å²) in [7, 11) is 1.51. The fraction of sp³-hybridized carbons (Fsp3) is 0.0588. The highest BCUT2D eigenvalue weighted by atomic mass is 79.9. The monoisotopic (exact) mass is 417 g/mol. The van der Waals surface area contributed by atoms with Crippen LogP contribution in [0, 0.1) is 21.4 Å². The molecule has 2 aromatic carbocycles. The lowest BCUT2D eigenvalue weighted by Gasteiger charge is -2.06. The van der Waals surface area contributed by atoms with Crippen LogP contribution in [0.15, 0.2) is 46.4 Å². The number of hydrogen-bond donors (Lipinski definition) is 2. The molecular weight excluding hydrogens is 406 g/mol. The van der Waals surface area contributed by atoms with Crippen LogP contribution in [0.4, 0.5) is 11.4 Å². The van der Waals surface area contributed by atoms with E-state index in [0.717, 1.165) is 6.07 Å². The maximum atomic E-state index is 12.2. The van der Waals surface area contributed by atoms with E-state index in [2.05, 4.69) is 21.2 Å². The molecule has 26 heavy (non-hydrogen) atoms. The third kappa shape index (κ3) is 4.37. The van der Waals surface area contributed by atoms with Gasteiger partial charge in [0, 0.05) is 11.8 Å². The Kier molecular flexibility index (Phi) is 5.93. The van der Waals surface area contributed by atoms with Gasteiger partial charge in [-0.25, -0.2) is 0 Å². The van der Waals surface area contributed by atoms with Crippen molar-refractivity contribution in [1.82, 2.24) is 0 Å². The predicted octanol–water partition coefficient (Wildman–Crippen LogP) is 3.62. The molecule has 0 aliphatic carbocycles. The average molecular weight is 418 g/mol. The Balaban J connectivity index is 2.30. The number of nitrogens with zero attached hydrogens (tertiary/aromatic N) is 2. The average Bonchev–Trinajstić information content (AvgIpc) is 2.62. The number of carbonyl (C=O) groups is 1. The van der Waals surface area contributed by atoms with Crippen LogP contribution in [0.5, 0.6) is 11.5 Å². The fourth-order valence-corrected chi connectivity index (χ4v) is 2.48. The maximum absolute atomic E-state index is 12.2. The molecule has 8 nitrogen and oxygen atoms in total. The Bertz CT molecular complexity index is 933. The number of hydrogen-bond acceptors (Lipinski definition) is 6. The van der Waals surface area contributed by atoms with E-state index in [-0.39, 0.29) is 15.6 Å². The lowest BCUT2D eigenvalue weighted by atomic mass is 10.1. The van der Waals surface area contributed by atoms with Gasteiger partial charge in [-0.2, -0.15) is 5.26 Å². The van der Waals surface area contributed by atoms with Gasteiger partial charge in [-0.1, -0.05) is 0 Å². The van der Waals surface area contributed by atoms with Gasteiger partial charge in [0.25, 0.3) is 5.91 Å². The van der Waals surface area contributed by atoms with Crippen molar-refractivity contribution in [2.75, 3.05) is 12.4 Å². The number of ether oxygens (including phenoxy) is 1. The molecule has 0 unspecified atom stereocenters. The van der Waals surface area contributed by atoms with Gasteiger partial charge >= 0.3 is 5.69 Å². The van der Waals surface area contributed by atoms with Crippen LogP contribution in [0.25, 0.3) is 6.08 Å². The van der Waals surface area contributed by atoms with Crippen LogP contribution in [0.3, 0.4) is 0 Å². The first-order valence-electron chi connectivity index (χ1n) is 7.09. The number of halogens is 1. The molecule has 0 saturated carbocycles. The molecule has 0 radical (unpaired) electrons. The second-order valence-corrected chi connectivity index (χ2v) is 5.83. The highest BCUT2D eigenvalue weighted by molar-refractivity contribution is 9.10. The van der Waals surface area contributed by atoms with Gasteiger partial charge < -0.3 is 15.2 Å². The van der Waals surface area contributed by atoms with E-state index in [9.17, 15) is 25.3 Å². The van der Waals surface area contributed by atoms with E-state index in [1.54, 1.807) is 30.3 Å². The molecule has 1 amide bonds. The second-order valence-electron chi connectivity index (χ2n) is 4.98. The van der Waals surface area contributed by atoms with Crippen LogP contribution in [-0.2, 0) is 4.79 Å². The standard InChI is InChI=1S/C17H12BrN3O5/c1-26-13-4-2-12(3-5-13)20-17(23)11(9-19)6-10-7-14(18)16(22)15(8-10)21(24)25/h2-8,22H,1H3,(H,20,23)/b11-6+. The zero-order valence-corrected chi connectivity index (χ0v) is 15.0. The molecule has 0 aliphatic rings. The number of phenolic OH excluding ortho intramolecular Hbond substituents is 1. The van der Waals surface area contributed by atoms with Gasteiger partial charge in [-0.15, -0.1) is 0 Å². The van der Waals surface area contributed by atoms with Crippen molar-refractivity contribution in [3.05, 3.63) is 62.1 Å². The van der Waals surface area contributed by atoms with Gasteiger partial charge in [0.05, 0.1) is 16.5 Å². The molecule has 0 atom stereocenters. The molecule has 0 bridgehead atoms. The number of benzene rings is 2. The minimum Gasteiger partial charge on any atom is -0.501 e. The van der Waals surface area contributed by atoms with E-state index in [0.29, 0.717) is 11.4 Å². The smallest absolute Gasteiger partial charge is 0.312 e. The molecule has 2 aromatic rings. The van der Waals surface area contributed by atoms with Crippen LogP contribution in [-0.4, -0.2) is 23.0 Å². The number of nitrogens with one attached hydrogen (secondary N) is 1. The maximum Gasteiger partial charge on any atom is 0.312 e. The summed E-state index contributed by atoms with van der Waals surface area (Å²) in [5.74, 6) is -0.599. The highest BCUT2D eigenvalue weighted by Crippen LogP contribution is 2.35. The molecule has 2 rings (SSSR count). The van der Waals surface area contributed by atoms with Crippen molar-refractivity contribution in [3.63, 3.8) is 0 Å². The van der Waals surface area contributed by atoms with E-state index in [1.165, 1.54) is 19.3 Å². The Labute approximate surface area is 156 Å². The minimum atomic E-state index is -0.763. The molecule has 0 aromatic heterocycles. The van der Waals surface area contributed by atoms with Crippen LogP contribution >= 0.6 is 15.9 Å². The molecule has 132 valence electrons. The quantitative estimate of drug-likeness (QED) is 0.331. The number of phenols is 1. The highest BCUT2D eigenvalue weighted by Gasteiger charge is 2.18. The summed E-state index contributed by atoms with van der Waals surface area (Å²) >= 11 is 3.00. The molecule has 2 N–H and O–H groups in total. The predicted molar refractivity (Wildman–Crippen MR) is 97.7 cm³/mol. The Morgan fingerprint density at radius 1 is 1.38 bits per heavy atom.